The summed E-state index contributed by atoms with van der Waals surface area (Å²) in [4.78, 5) is 0. The normalized spacial score (nSPS) is 22.8. The Hall–Kier alpha value is -0.780. The summed E-state index contributed by atoms with van der Waals surface area (Å²) in [5.74, 6) is 1.58. The molecule has 2 N–H and O–H groups in total. The fraction of sp³-hybridized carbons (Fsp3) is 0.500. The smallest absolute Gasteiger partial charge is 0.166 e. The molecule has 3 rings (SSSR count). The molecule has 0 aromatic heterocycles. The van der Waals surface area contributed by atoms with Crippen LogP contribution in [-0.4, -0.2) is 26.4 Å². The van der Waals surface area contributed by atoms with E-state index in [0.29, 0.717) is 26.4 Å². The van der Waals surface area contributed by atoms with E-state index in [2.05, 4.69) is 15.9 Å². The maximum Gasteiger partial charge on any atom is 0.166 e. The number of fused-ring (bicyclic) bond motifs is 3. The third kappa shape index (κ3) is 1.92. The van der Waals surface area contributed by atoms with Crippen LogP contribution in [0.1, 0.15) is 17.2 Å². The second kappa shape index (κ2) is 4.48. The van der Waals surface area contributed by atoms with E-state index >= 15 is 0 Å². The first kappa shape index (κ1) is 11.3. The second-order valence-corrected chi connectivity index (χ2v) is 5.06. The van der Waals surface area contributed by atoms with E-state index in [4.69, 9.17) is 19.9 Å². The number of rotatable bonds is 0. The van der Waals surface area contributed by atoms with Crippen molar-refractivity contribution in [3.63, 3.8) is 0 Å². The highest BCUT2D eigenvalue weighted by Crippen LogP contribution is 2.43. The molecule has 0 aliphatic carbocycles. The van der Waals surface area contributed by atoms with Gasteiger partial charge in [0.2, 0.25) is 0 Å². The Morgan fingerprint density at radius 3 is 2.94 bits per heavy atom. The lowest BCUT2D eigenvalue weighted by Crippen LogP contribution is -2.22. The third-order valence-corrected chi connectivity index (χ3v) is 3.80. The van der Waals surface area contributed by atoms with Gasteiger partial charge in [-0.25, -0.2) is 0 Å². The third-order valence-electron chi connectivity index (χ3n) is 3.09. The van der Waals surface area contributed by atoms with E-state index in [-0.39, 0.29) is 6.04 Å². The molecule has 17 heavy (non-hydrogen) atoms. The van der Waals surface area contributed by atoms with E-state index in [1.165, 1.54) is 5.56 Å². The first-order valence-corrected chi connectivity index (χ1v) is 6.51. The van der Waals surface area contributed by atoms with Crippen molar-refractivity contribution >= 4 is 15.9 Å². The van der Waals surface area contributed by atoms with E-state index in [9.17, 15) is 0 Å². The quantitative estimate of drug-likeness (QED) is 0.794. The summed E-state index contributed by atoms with van der Waals surface area (Å²) in [7, 11) is 0. The number of hydrogen-bond donors (Lipinski definition) is 1. The van der Waals surface area contributed by atoms with Crippen LogP contribution in [0.4, 0.5) is 0 Å². The Bertz CT molecular complexity index is 450. The minimum atomic E-state index is -0.152. The lowest BCUT2D eigenvalue weighted by Gasteiger charge is -2.25. The fourth-order valence-corrected chi connectivity index (χ4v) is 2.95. The van der Waals surface area contributed by atoms with Crippen LogP contribution in [0.3, 0.4) is 0 Å². The Balaban J connectivity index is 2.19. The predicted molar refractivity (Wildman–Crippen MR) is 66.6 cm³/mol. The Labute approximate surface area is 108 Å². The molecule has 92 valence electrons. The van der Waals surface area contributed by atoms with Gasteiger partial charge in [0.15, 0.2) is 11.5 Å². The van der Waals surface area contributed by atoms with Gasteiger partial charge in [-0.05, 0) is 18.1 Å². The van der Waals surface area contributed by atoms with Gasteiger partial charge in [0, 0.05) is 10.0 Å². The number of ether oxygens (including phenoxy) is 3. The van der Waals surface area contributed by atoms with Crippen LogP contribution in [0.5, 0.6) is 11.5 Å². The van der Waals surface area contributed by atoms with Crippen molar-refractivity contribution in [2.75, 3.05) is 26.4 Å². The molecule has 0 fully saturated rings. The van der Waals surface area contributed by atoms with Crippen LogP contribution in [0, 0.1) is 0 Å². The number of hydrogen-bond acceptors (Lipinski definition) is 4. The molecule has 0 spiro atoms. The average molecular weight is 300 g/mol. The lowest BCUT2D eigenvalue weighted by molar-refractivity contribution is 0.129. The Kier molecular flexibility index (Phi) is 2.98. The van der Waals surface area contributed by atoms with Crippen molar-refractivity contribution in [3.8, 4) is 11.5 Å². The molecule has 0 saturated heterocycles. The monoisotopic (exact) mass is 299 g/mol. The molecular formula is C12H14BrNO3. The first-order chi connectivity index (χ1) is 8.27. The molecular weight excluding hydrogens is 286 g/mol. The highest BCUT2D eigenvalue weighted by molar-refractivity contribution is 9.10. The number of halogens is 1. The predicted octanol–water partition coefficient (Wildman–Crippen LogP) is 1.79. The summed E-state index contributed by atoms with van der Waals surface area (Å²) >= 11 is 3.58. The van der Waals surface area contributed by atoms with Crippen molar-refractivity contribution < 1.29 is 14.2 Å². The molecule has 5 heteroatoms. The summed E-state index contributed by atoms with van der Waals surface area (Å²) in [5.41, 5.74) is 8.37. The van der Waals surface area contributed by atoms with Gasteiger partial charge in [0.05, 0.1) is 19.3 Å². The second-order valence-electron chi connectivity index (χ2n) is 4.21. The van der Waals surface area contributed by atoms with Crippen molar-refractivity contribution in [3.05, 3.63) is 21.7 Å². The fourth-order valence-electron chi connectivity index (χ4n) is 2.33. The Morgan fingerprint density at radius 2 is 2.06 bits per heavy atom. The summed E-state index contributed by atoms with van der Waals surface area (Å²) in [6.07, 6.45) is 0.847. The van der Waals surface area contributed by atoms with E-state index in [1.54, 1.807) is 0 Å². The summed E-state index contributed by atoms with van der Waals surface area (Å²) < 4.78 is 17.8. The van der Waals surface area contributed by atoms with Gasteiger partial charge in [0.1, 0.15) is 13.2 Å². The van der Waals surface area contributed by atoms with Crippen LogP contribution in [-0.2, 0) is 11.2 Å². The number of nitrogens with two attached hydrogens (primary N) is 1. The minimum Gasteiger partial charge on any atom is -0.486 e. The molecule has 1 atom stereocenters. The SMILES string of the molecule is NC1COCCc2c(Br)cc3c(c21)OCCO3. The van der Waals surface area contributed by atoms with Gasteiger partial charge >= 0.3 is 0 Å². The molecule has 1 aromatic carbocycles. The minimum absolute atomic E-state index is 0.152. The molecule has 2 aliphatic heterocycles. The van der Waals surface area contributed by atoms with Crippen molar-refractivity contribution in [1.82, 2.24) is 0 Å². The van der Waals surface area contributed by atoms with Crippen LogP contribution >= 0.6 is 15.9 Å². The van der Waals surface area contributed by atoms with Crippen molar-refractivity contribution in [2.24, 2.45) is 5.73 Å². The maximum atomic E-state index is 6.16. The van der Waals surface area contributed by atoms with Crippen LogP contribution in [0.2, 0.25) is 0 Å². The standard InChI is InChI=1S/C12H14BrNO3/c13-8-5-10-12(17-4-3-16-10)11-7(8)1-2-15-6-9(11)14/h5,9H,1-4,6,14H2. The van der Waals surface area contributed by atoms with Gasteiger partial charge in [-0.3, -0.25) is 0 Å². The molecule has 0 amide bonds. The number of benzene rings is 1. The van der Waals surface area contributed by atoms with Gasteiger partial charge in [-0.1, -0.05) is 15.9 Å². The van der Waals surface area contributed by atoms with Gasteiger partial charge < -0.3 is 19.9 Å². The average Bonchev–Trinajstić information content (AvgIpc) is 2.52. The topological polar surface area (TPSA) is 53.7 Å². The lowest BCUT2D eigenvalue weighted by atomic mass is 9.98. The Morgan fingerprint density at radius 1 is 1.24 bits per heavy atom. The zero-order valence-electron chi connectivity index (χ0n) is 9.37. The highest BCUT2D eigenvalue weighted by Gasteiger charge is 2.27. The summed E-state index contributed by atoms with van der Waals surface area (Å²) in [6, 6.07) is 1.81. The van der Waals surface area contributed by atoms with E-state index in [1.807, 2.05) is 6.07 Å². The van der Waals surface area contributed by atoms with Crippen LogP contribution < -0.4 is 15.2 Å². The van der Waals surface area contributed by atoms with Gasteiger partial charge in [0.25, 0.3) is 0 Å². The molecule has 1 aromatic rings. The maximum absolute atomic E-state index is 6.16. The van der Waals surface area contributed by atoms with Crippen LogP contribution in [0.25, 0.3) is 0 Å². The molecule has 0 saturated carbocycles. The van der Waals surface area contributed by atoms with Crippen LogP contribution in [0.15, 0.2) is 10.5 Å². The van der Waals surface area contributed by atoms with E-state index in [0.717, 1.165) is 28.0 Å². The first-order valence-electron chi connectivity index (χ1n) is 5.71. The van der Waals surface area contributed by atoms with Crippen molar-refractivity contribution in [1.29, 1.82) is 0 Å². The highest BCUT2D eigenvalue weighted by atomic mass is 79.9. The molecule has 0 bridgehead atoms. The van der Waals surface area contributed by atoms with E-state index < -0.39 is 0 Å². The molecule has 0 radical (unpaired) electrons. The molecule has 1 unspecified atom stereocenters. The zero-order valence-corrected chi connectivity index (χ0v) is 11.0. The van der Waals surface area contributed by atoms with Crippen molar-refractivity contribution in [2.45, 2.75) is 12.5 Å². The summed E-state index contributed by atoms with van der Waals surface area (Å²) in [5, 5.41) is 0. The molecule has 2 aliphatic rings. The summed E-state index contributed by atoms with van der Waals surface area (Å²) in [6.45, 7) is 2.39. The largest absolute Gasteiger partial charge is 0.486 e. The molecule has 2 heterocycles. The molecule has 4 nitrogen and oxygen atoms in total. The van der Waals surface area contributed by atoms with Gasteiger partial charge in [-0.15, -0.1) is 0 Å². The zero-order chi connectivity index (χ0) is 11.8. The van der Waals surface area contributed by atoms with Gasteiger partial charge in [-0.2, -0.15) is 0 Å².